The normalized spacial score (nSPS) is 13.9. The SMILES string of the molecule is C[C@H](C(=O)Nc1ccc(S(N)(=O)=O)cc1)[NH+](C)Cc1ccc(Cl)c(Cl)c1. The predicted molar refractivity (Wildman–Crippen MR) is 103 cm³/mol. The molecule has 0 saturated heterocycles. The van der Waals surface area contributed by atoms with Crippen LogP contribution in [0.3, 0.4) is 0 Å². The number of anilines is 1. The van der Waals surface area contributed by atoms with Crippen molar-refractivity contribution in [3.63, 3.8) is 0 Å². The van der Waals surface area contributed by atoms with Crippen LogP contribution in [0.2, 0.25) is 10.0 Å². The van der Waals surface area contributed by atoms with Gasteiger partial charge >= 0.3 is 0 Å². The first kappa shape index (κ1) is 20.7. The molecule has 2 aromatic carbocycles. The van der Waals surface area contributed by atoms with Crippen LogP contribution >= 0.6 is 23.2 Å². The zero-order chi connectivity index (χ0) is 19.5. The number of nitrogens with one attached hydrogen (secondary N) is 2. The molecule has 26 heavy (non-hydrogen) atoms. The lowest BCUT2D eigenvalue weighted by Crippen LogP contribution is -3.12. The summed E-state index contributed by atoms with van der Waals surface area (Å²) >= 11 is 11.9. The Bertz CT molecular complexity index is 902. The minimum absolute atomic E-state index is 0.00842. The van der Waals surface area contributed by atoms with Crippen molar-refractivity contribution in [2.45, 2.75) is 24.4 Å². The Morgan fingerprint density at radius 1 is 1.15 bits per heavy atom. The Balaban J connectivity index is 2.00. The number of halogens is 2. The number of rotatable bonds is 6. The van der Waals surface area contributed by atoms with Gasteiger partial charge in [-0.15, -0.1) is 0 Å². The largest absolute Gasteiger partial charge is 0.324 e. The van der Waals surface area contributed by atoms with Gasteiger partial charge in [0.25, 0.3) is 5.91 Å². The summed E-state index contributed by atoms with van der Waals surface area (Å²) in [6.07, 6.45) is 0. The van der Waals surface area contributed by atoms with Crippen LogP contribution in [0.5, 0.6) is 0 Å². The molecule has 9 heteroatoms. The summed E-state index contributed by atoms with van der Waals surface area (Å²) in [5, 5.41) is 8.78. The number of carbonyl (C=O) groups excluding carboxylic acids is 1. The molecule has 1 unspecified atom stereocenters. The minimum Gasteiger partial charge on any atom is -0.324 e. The molecule has 2 atom stereocenters. The summed E-state index contributed by atoms with van der Waals surface area (Å²) in [7, 11) is -1.86. The Morgan fingerprint density at radius 3 is 2.31 bits per heavy atom. The number of hydrogen-bond acceptors (Lipinski definition) is 3. The van der Waals surface area contributed by atoms with Crippen molar-refractivity contribution in [2.24, 2.45) is 5.14 Å². The third kappa shape index (κ3) is 5.43. The number of carbonyl (C=O) groups is 1. The second-order valence-electron chi connectivity index (χ2n) is 6.05. The summed E-state index contributed by atoms with van der Waals surface area (Å²) in [6.45, 7) is 2.40. The van der Waals surface area contributed by atoms with E-state index in [1.54, 1.807) is 19.1 Å². The van der Waals surface area contributed by atoms with Gasteiger partial charge in [-0.25, -0.2) is 13.6 Å². The van der Waals surface area contributed by atoms with Crippen LogP contribution in [0.15, 0.2) is 47.4 Å². The second kappa shape index (κ2) is 8.37. The van der Waals surface area contributed by atoms with Crippen molar-refractivity contribution in [1.29, 1.82) is 0 Å². The highest BCUT2D eigenvalue weighted by molar-refractivity contribution is 7.89. The molecule has 140 valence electrons. The fraction of sp³-hybridized carbons (Fsp3) is 0.235. The smallest absolute Gasteiger partial charge is 0.282 e. The number of quaternary nitrogens is 1. The Hall–Kier alpha value is -1.64. The van der Waals surface area contributed by atoms with Gasteiger partial charge in [0.15, 0.2) is 6.04 Å². The molecule has 0 aliphatic heterocycles. The highest BCUT2D eigenvalue weighted by Crippen LogP contribution is 2.22. The third-order valence-corrected chi connectivity index (χ3v) is 5.72. The Kier molecular flexibility index (Phi) is 6.65. The maximum atomic E-state index is 12.4. The van der Waals surface area contributed by atoms with Gasteiger partial charge in [-0.2, -0.15) is 0 Å². The summed E-state index contributed by atoms with van der Waals surface area (Å²) in [6, 6.07) is 10.7. The number of likely N-dealkylation sites (N-methyl/N-ethyl adjacent to an activating group) is 1. The molecule has 0 saturated carbocycles. The first-order valence-corrected chi connectivity index (χ1v) is 10.1. The van der Waals surface area contributed by atoms with E-state index in [4.69, 9.17) is 28.3 Å². The number of benzene rings is 2. The molecule has 0 aliphatic rings. The summed E-state index contributed by atoms with van der Waals surface area (Å²) in [4.78, 5) is 13.4. The molecule has 4 N–H and O–H groups in total. The van der Waals surface area contributed by atoms with Gasteiger partial charge in [-0.1, -0.05) is 29.3 Å². The highest BCUT2D eigenvalue weighted by Gasteiger charge is 2.22. The number of amides is 1. The maximum Gasteiger partial charge on any atom is 0.282 e. The molecular weight excluding hydrogens is 397 g/mol. The zero-order valence-corrected chi connectivity index (χ0v) is 16.6. The Morgan fingerprint density at radius 2 is 1.77 bits per heavy atom. The average molecular weight is 417 g/mol. The third-order valence-electron chi connectivity index (χ3n) is 4.05. The van der Waals surface area contributed by atoms with Gasteiger partial charge in [0.05, 0.1) is 22.0 Å². The second-order valence-corrected chi connectivity index (χ2v) is 8.43. The van der Waals surface area contributed by atoms with Crippen molar-refractivity contribution in [3.8, 4) is 0 Å². The lowest BCUT2D eigenvalue weighted by Gasteiger charge is -2.21. The van der Waals surface area contributed by atoms with Gasteiger partial charge in [0.2, 0.25) is 10.0 Å². The van der Waals surface area contributed by atoms with E-state index in [0.29, 0.717) is 22.3 Å². The first-order valence-electron chi connectivity index (χ1n) is 7.78. The average Bonchev–Trinajstić information content (AvgIpc) is 2.57. The fourth-order valence-corrected chi connectivity index (χ4v) is 3.16. The predicted octanol–water partition coefficient (Wildman–Crippen LogP) is 1.68. The lowest BCUT2D eigenvalue weighted by atomic mass is 10.2. The number of nitrogens with two attached hydrogens (primary N) is 1. The van der Waals surface area contributed by atoms with Gasteiger partial charge in [0.1, 0.15) is 6.54 Å². The molecule has 6 nitrogen and oxygen atoms in total. The fourth-order valence-electron chi connectivity index (χ4n) is 2.33. The molecular formula is C17H20Cl2N3O3S+. The molecule has 2 rings (SSSR count). The van der Waals surface area contributed by atoms with Crippen LogP contribution in [0.1, 0.15) is 12.5 Å². The van der Waals surface area contributed by atoms with Crippen molar-refractivity contribution < 1.29 is 18.1 Å². The maximum absolute atomic E-state index is 12.4. The Labute approximate surface area is 162 Å². The van der Waals surface area contributed by atoms with Crippen molar-refractivity contribution in [3.05, 3.63) is 58.1 Å². The topological polar surface area (TPSA) is 93.7 Å². The molecule has 0 radical (unpaired) electrons. The lowest BCUT2D eigenvalue weighted by molar-refractivity contribution is -0.907. The van der Waals surface area contributed by atoms with E-state index in [1.165, 1.54) is 24.3 Å². The summed E-state index contributed by atoms with van der Waals surface area (Å²) < 4.78 is 22.5. The van der Waals surface area contributed by atoms with E-state index in [9.17, 15) is 13.2 Å². The van der Waals surface area contributed by atoms with E-state index in [1.807, 2.05) is 13.1 Å². The van der Waals surface area contributed by atoms with E-state index in [2.05, 4.69) is 5.32 Å². The summed E-state index contributed by atoms with van der Waals surface area (Å²) in [5.74, 6) is -0.189. The van der Waals surface area contributed by atoms with Crippen molar-refractivity contribution in [1.82, 2.24) is 0 Å². The van der Waals surface area contributed by atoms with Crippen LogP contribution in [-0.2, 0) is 21.4 Å². The van der Waals surface area contributed by atoms with Crippen LogP contribution < -0.4 is 15.4 Å². The van der Waals surface area contributed by atoms with Crippen LogP contribution in [0, 0.1) is 0 Å². The van der Waals surface area contributed by atoms with E-state index < -0.39 is 10.0 Å². The molecule has 2 aromatic rings. The zero-order valence-electron chi connectivity index (χ0n) is 14.3. The molecule has 0 heterocycles. The van der Waals surface area contributed by atoms with Crippen LogP contribution in [0.25, 0.3) is 0 Å². The number of primary sulfonamides is 1. The van der Waals surface area contributed by atoms with Gasteiger partial charge in [-0.3, -0.25) is 4.79 Å². The standard InChI is InChI=1S/C17H19Cl2N3O3S/c1-11(22(2)10-12-3-8-15(18)16(19)9-12)17(23)21-13-4-6-14(7-5-13)26(20,24)25/h3-9,11H,10H2,1-2H3,(H,21,23)(H2,20,24,25)/p+1/t11-/m1/s1. The van der Waals surface area contributed by atoms with Crippen LogP contribution in [0.4, 0.5) is 5.69 Å². The van der Waals surface area contributed by atoms with Gasteiger partial charge in [-0.05, 0) is 43.3 Å². The highest BCUT2D eigenvalue weighted by atomic mass is 35.5. The number of hydrogen-bond donors (Lipinski definition) is 3. The molecule has 0 aromatic heterocycles. The van der Waals surface area contributed by atoms with E-state index >= 15 is 0 Å². The molecule has 0 fully saturated rings. The van der Waals surface area contributed by atoms with Crippen molar-refractivity contribution in [2.75, 3.05) is 12.4 Å². The van der Waals surface area contributed by atoms with E-state index in [-0.39, 0.29) is 16.8 Å². The molecule has 0 spiro atoms. The van der Waals surface area contributed by atoms with Gasteiger partial charge in [0, 0.05) is 11.3 Å². The van der Waals surface area contributed by atoms with Crippen LogP contribution in [-0.4, -0.2) is 27.4 Å². The quantitative estimate of drug-likeness (QED) is 0.668. The number of sulfonamides is 1. The monoisotopic (exact) mass is 416 g/mol. The minimum atomic E-state index is -3.76. The summed E-state index contributed by atoms with van der Waals surface area (Å²) in [5.41, 5.74) is 1.46. The van der Waals surface area contributed by atoms with Gasteiger partial charge < -0.3 is 10.2 Å². The molecule has 0 bridgehead atoms. The first-order chi connectivity index (χ1) is 12.1. The van der Waals surface area contributed by atoms with E-state index in [0.717, 1.165) is 10.5 Å². The molecule has 0 aliphatic carbocycles. The molecule has 1 amide bonds. The van der Waals surface area contributed by atoms with Crippen molar-refractivity contribution >= 4 is 44.8 Å².